The molecule has 0 bridgehead atoms. The highest BCUT2D eigenvalue weighted by Gasteiger charge is 2.15. The molecule has 0 amide bonds. The van der Waals surface area contributed by atoms with Crippen molar-refractivity contribution in [1.29, 1.82) is 0 Å². The van der Waals surface area contributed by atoms with E-state index in [0.29, 0.717) is 12.5 Å². The number of ether oxygens (including phenoxy) is 4. The molecule has 4 nitrogen and oxygen atoms in total. The fourth-order valence-electron chi connectivity index (χ4n) is 2.00. The van der Waals surface area contributed by atoms with Gasteiger partial charge in [-0.1, -0.05) is 13.8 Å². The molecule has 0 saturated heterocycles. The summed E-state index contributed by atoms with van der Waals surface area (Å²) in [7, 11) is 1.63. The molecule has 0 aliphatic carbocycles. The molecular formula is C17H28O4. The number of benzene rings is 1. The molecule has 21 heavy (non-hydrogen) atoms. The van der Waals surface area contributed by atoms with Gasteiger partial charge in [0.25, 0.3) is 0 Å². The number of hydrogen-bond donors (Lipinski definition) is 0. The van der Waals surface area contributed by atoms with Gasteiger partial charge in [0.15, 0.2) is 12.6 Å². The first-order chi connectivity index (χ1) is 10.0. The molecule has 0 saturated carbocycles. The Morgan fingerprint density at radius 1 is 1.00 bits per heavy atom. The lowest BCUT2D eigenvalue weighted by Crippen LogP contribution is -2.17. The summed E-state index contributed by atoms with van der Waals surface area (Å²) >= 11 is 0. The molecule has 4 heteroatoms. The molecule has 0 spiro atoms. The van der Waals surface area contributed by atoms with Crippen molar-refractivity contribution < 1.29 is 18.9 Å². The van der Waals surface area contributed by atoms with Crippen LogP contribution in [0.25, 0.3) is 0 Å². The van der Waals surface area contributed by atoms with Crippen LogP contribution in [-0.4, -0.2) is 26.3 Å². The van der Waals surface area contributed by atoms with Crippen LogP contribution >= 0.6 is 0 Å². The summed E-state index contributed by atoms with van der Waals surface area (Å²) in [4.78, 5) is 0. The van der Waals surface area contributed by atoms with Crippen LogP contribution in [0.15, 0.2) is 18.2 Å². The maximum absolute atomic E-state index is 5.82. The highest BCUT2D eigenvalue weighted by atomic mass is 16.7. The summed E-state index contributed by atoms with van der Waals surface area (Å²) in [5, 5.41) is 0. The molecule has 1 aromatic rings. The Hall–Kier alpha value is -1.26. The van der Waals surface area contributed by atoms with Crippen molar-refractivity contribution in [2.24, 2.45) is 0 Å². The lowest BCUT2D eigenvalue weighted by Gasteiger charge is -2.21. The molecular weight excluding hydrogens is 268 g/mol. The predicted octanol–water partition coefficient (Wildman–Crippen LogP) is 4.33. The quantitative estimate of drug-likeness (QED) is 0.635. The van der Waals surface area contributed by atoms with Crippen molar-refractivity contribution in [3.63, 3.8) is 0 Å². The minimum Gasteiger partial charge on any atom is -0.465 e. The minimum atomic E-state index is -0.276. The van der Waals surface area contributed by atoms with E-state index >= 15 is 0 Å². The molecule has 3 atom stereocenters. The molecule has 3 unspecified atom stereocenters. The van der Waals surface area contributed by atoms with E-state index in [9.17, 15) is 0 Å². The first-order valence-corrected chi connectivity index (χ1v) is 7.63. The second-order valence-electron chi connectivity index (χ2n) is 5.07. The fourth-order valence-corrected chi connectivity index (χ4v) is 2.00. The summed E-state index contributed by atoms with van der Waals surface area (Å²) in [5.41, 5.74) is 1.13. The zero-order valence-electron chi connectivity index (χ0n) is 14.0. The van der Waals surface area contributed by atoms with E-state index in [4.69, 9.17) is 18.9 Å². The maximum Gasteiger partial charge on any atom is 0.196 e. The van der Waals surface area contributed by atoms with Crippen molar-refractivity contribution in [3.8, 4) is 11.5 Å². The molecule has 0 aromatic heterocycles. The van der Waals surface area contributed by atoms with E-state index in [1.54, 1.807) is 7.11 Å². The van der Waals surface area contributed by atoms with Crippen LogP contribution in [0.4, 0.5) is 0 Å². The third-order valence-corrected chi connectivity index (χ3v) is 3.45. The van der Waals surface area contributed by atoms with Gasteiger partial charge < -0.3 is 18.9 Å². The SMILES string of the molecule is CCOC(C)Oc1ccc(OC(C)OC)c(C(C)CC)c1. The van der Waals surface area contributed by atoms with Crippen molar-refractivity contribution in [2.75, 3.05) is 13.7 Å². The molecule has 1 rings (SSSR count). The van der Waals surface area contributed by atoms with Gasteiger partial charge in [-0.2, -0.15) is 0 Å². The topological polar surface area (TPSA) is 36.9 Å². The van der Waals surface area contributed by atoms with Crippen LogP contribution in [0.5, 0.6) is 11.5 Å². The zero-order valence-corrected chi connectivity index (χ0v) is 14.0. The second-order valence-corrected chi connectivity index (χ2v) is 5.07. The minimum absolute atomic E-state index is 0.260. The lowest BCUT2D eigenvalue weighted by atomic mass is 9.97. The highest BCUT2D eigenvalue weighted by molar-refractivity contribution is 5.42. The van der Waals surface area contributed by atoms with Crippen LogP contribution in [0, 0.1) is 0 Å². The molecule has 0 fully saturated rings. The molecule has 120 valence electrons. The Labute approximate surface area is 128 Å². The van der Waals surface area contributed by atoms with E-state index in [1.165, 1.54) is 0 Å². The second kappa shape index (κ2) is 8.90. The van der Waals surface area contributed by atoms with Gasteiger partial charge in [0.2, 0.25) is 0 Å². The molecule has 0 heterocycles. The number of hydrogen-bond acceptors (Lipinski definition) is 4. The van der Waals surface area contributed by atoms with Crippen LogP contribution < -0.4 is 9.47 Å². The first kappa shape index (κ1) is 17.8. The van der Waals surface area contributed by atoms with Crippen LogP contribution in [0.2, 0.25) is 0 Å². The molecule has 0 radical (unpaired) electrons. The van der Waals surface area contributed by atoms with Crippen molar-refractivity contribution in [1.82, 2.24) is 0 Å². The summed E-state index contributed by atoms with van der Waals surface area (Å²) in [6.07, 6.45) is 0.494. The zero-order chi connectivity index (χ0) is 15.8. The number of rotatable bonds is 9. The molecule has 0 aliphatic heterocycles. The lowest BCUT2D eigenvalue weighted by molar-refractivity contribution is -0.0616. The molecule has 1 aromatic carbocycles. The van der Waals surface area contributed by atoms with Gasteiger partial charge in [0.1, 0.15) is 11.5 Å². The van der Waals surface area contributed by atoms with Gasteiger partial charge in [0.05, 0.1) is 0 Å². The normalized spacial score (nSPS) is 15.3. The molecule has 0 aliphatic rings. The smallest absolute Gasteiger partial charge is 0.196 e. The Morgan fingerprint density at radius 3 is 2.29 bits per heavy atom. The summed E-state index contributed by atoms with van der Waals surface area (Å²) in [6.45, 7) is 10.7. The third kappa shape index (κ3) is 5.56. The number of methoxy groups -OCH3 is 1. The van der Waals surface area contributed by atoms with Gasteiger partial charge in [0, 0.05) is 19.3 Å². The van der Waals surface area contributed by atoms with Crippen molar-refractivity contribution in [3.05, 3.63) is 23.8 Å². The summed E-state index contributed by atoms with van der Waals surface area (Å²) < 4.78 is 22.2. The predicted molar refractivity (Wildman–Crippen MR) is 84.0 cm³/mol. The Balaban J connectivity index is 2.95. The van der Waals surface area contributed by atoms with Crippen molar-refractivity contribution in [2.45, 2.75) is 59.5 Å². The van der Waals surface area contributed by atoms with E-state index < -0.39 is 0 Å². The Morgan fingerprint density at radius 2 is 1.71 bits per heavy atom. The Kier molecular flexibility index (Phi) is 7.54. The van der Waals surface area contributed by atoms with E-state index in [-0.39, 0.29) is 12.6 Å². The van der Waals surface area contributed by atoms with E-state index in [2.05, 4.69) is 13.8 Å². The average Bonchev–Trinajstić information content (AvgIpc) is 2.48. The monoisotopic (exact) mass is 296 g/mol. The van der Waals surface area contributed by atoms with Gasteiger partial charge in [-0.15, -0.1) is 0 Å². The van der Waals surface area contributed by atoms with Gasteiger partial charge in [-0.3, -0.25) is 0 Å². The van der Waals surface area contributed by atoms with Crippen LogP contribution in [-0.2, 0) is 9.47 Å². The Bertz CT molecular complexity index is 419. The first-order valence-electron chi connectivity index (χ1n) is 7.63. The highest BCUT2D eigenvalue weighted by Crippen LogP contribution is 2.33. The maximum atomic E-state index is 5.82. The standard InChI is InChI=1S/C17H28O4/c1-7-12(3)16-11-15(20-14(5)19-8-2)9-10-17(16)21-13(4)18-6/h9-14H,7-8H2,1-6H3. The van der Waals surface area contributed by atoms with Gasteiger partial charge >= 0.3 is 0 Å². The molecule has 0 N–H and O–H groups in total. The third-order valence-electron chi connectivity index (χ3n) is 3.45. The largest absolute Gasteiger partial charge is 0.465 e. The fraction of sp³-hybridized carbons (Fsp3) is 0.647. The summed E-state index contributed by atoms with van der Waals surface area (Å²) in [6, 6.07) is 5.87. The van der Waals surface area contributed by atoms with E-state index in [0.717, 1.165) is 23.5 Å². The van der Waals surface area contributed by atoms with Gasteiger partial charge in [-0.25, -0.2) is 0 Å². The van der Waals surface area contributed by atoms with Crippen LogP contribution in [0.3, 0.4) is 0 Å². The summed E-state index contributed by atoms with van der Waals surface area (Å²) in [5.74, 6) is 2.02. The average molecular weight is 296 g/mol. The van der Waals surface area contributed by atoms with Crippen molar-refractivity contribution >= 4 is 0 Å². The van der Waals surface area contributed by atoms with Gasteiger partial charge in [-0.05, 0) is 51.3 Å². The van der Waals surface area contributed by atoms with E-state index in [1.807, 2.05) is 39.0 Å². The van der Waals surface area contributed by atoms with Crippen LogP contribution in [0.1, 0.15) is 52.5 Å².